The molecule has 0 aliphatic rings. The van der Waals surface area contributed by atoms with Crippen LogP contribution in [0.15, 0.2) is 17.0 Å². The van der Waals surface area contributed by atoms with E-state index < -0.39 is 32.2 Å². The van der Waals surface area contributed by atoms with Gasteiger partial charge in [-0.2, -0.15) is 0 Å². The van der Waals surface area contributed by atoms with Crippen LogP contribution in [0, 0.1) is 0 Å². The minimum absolute atomic E-state index is 0.414. The fourth-order valence-electron chi connectivity index (χ4n) is 1.03. The molecule has 0 aliphatic heterocycles. The summed E-state index contributed by atoms with van der Waals surface area (Å²) in [6.07, 6.45) is 0. The van der Waals surface area contributed by atoms with Gasteiger partial charge in [0.2, 0.25) is 10.0 Å². The van der Waals surface area contributed by atoms with E-state index in [1.807, 2.05) is 0 Å². The van der Waals surface area contributed by atoms with E-state index in [0.29, 0.717) is 0 Å². The fourth-order valence-corrected chi connectivity index (χ4v) is 2.04. The number of hydrogen-bond acceptors (Lipinski definition) is 5. The summed E-state index contributed by atoms with van der Waals surface area (Å²) in [4.78, 5) is -0.620. The molecule has 0 amide bonds. The van der Waals surface area contributed by atoms with Gasteiger partial charge >= 0.3 is 0 Å². The van der Waals surface area contributed by atoms with Crippen molar-refractivity contribution in [3.05, 3.63) is 12.1 Å². The van der Waals surface area contributed by atoms with Gasteiger partial charge in [0, 0.05) is 26.2 Å². The van der Waals surface area contributed by atoms with Crippen LogP contribution in [0.2, 0.25) is 0 Å². The molecule has 6 nitrogen and oxygen atoms in total. The van der Waals surface area contributed by atoms with Gasteiger partial charge in [-0.1, -0.05) is 0 Å². The van der Waals surface area contributed by atoms with Crippen molar-refractivity contribution in [3.63, 3.8) is 0 Å². The van der Waals surface area contributed by atoms with Gasteiger partial charge in [-0.25, -0.2) is 12.7 Å². The predicted octanol–water partition coefficient (Wildman–Crippen LogP) is 0.0537. The predicted molar refractivity (Wildman–Crippen MR) is 52.3 cm³/mol. The highest BCUT2D eigenvalue weighted by molar-refractivity contribution is 7.89. The second-order valence-electron chi connectivity index (χ2n) is 3.10. The Labute approximate surface area is 87.1 Å². The number of benzene rings is 1. The first-order chi connectivity index (χ1) is 6.76. The van der Waals surface area contributed by atoms with E-state index >= 15 is 0 Å². The van der Waals surface area contributed by atoms with E-state index in [1.165, 1.54) is 14.1 Å². The Hall–Kier alpha value is -1.47. The third kappa shape index (κ3) is 1.97. The van der Waals surface area contributed by atoms with Gasteiger partial charge < -0.3 is 15.3 Å². The molecule has 0 saturated carbocycles. The number of hydrogen-bond donors (Lipinski definition) is 3. The number of nitrogens with zero attached hydrogens (tertiary/aromatic N) is 1. The minimum Gasteiger partial charge on any atom is -0.508 e. The lowest BCUT2D eigenvalue weighted by Gasteiger charge is -2.13. The molecule has 0 spiro atoms. The molecular formula is C8H11NO5S. The van der Waals surface area contributed by atoms with Gasteiger partial charge in [0.25, 0.3) is 0 Å². The zero-order chi connectivity index (χ0) is 11.8. The Balaban J connectivity index is 3.52. The molecule has 0 fully saturated rings. The lowest BCUT2D eigenvalue weighted by atomic mass is 10.3. The van der Waals surface area contributed by atoms with Crippen molar-refractivity contribution in [2.45, 2.75) is 4.90 Å². The molecule has 0 unspecified atom stereocenters. The number of phenols is 3. The molecule has 0 heterocycles. The second kappa shape index (κ2) is 3.59. The molecule has 1 aromatic rings. The van der Waals surface area contributed by atoms with Crippen LogP contribution in [0.25, 0.3) is 0 Å². The average Bonchev–Trinajstić information content (AvgIpc) is 2.00. The van der Waals surface area contributed by atoms with Gasteiger partial charge in [-0.05, 0) is 0 Å². The summed E-state index contributed by atoms with van der Waals surface area (Å²) in [5, 5.41) is 27.7. The molecule has 1 aromatic carbocycles. The standard InChI is InChI=1S/C8H11NO5S/c1-9(2)15(13,14)8-6(11)3-5(10)4-7(8)12/h3-4,10-12H,1-2H3. The molecule has 3 N–H and O–H groups in total. The maximum Gasteiger partial charge on any atom is 0.249 e. The van der Waals surface area contributed by atoms with Crippen LogP contribution < -0.4 is 0 Å². The summed E-state index contributed by atoms with van der Waals surface area (Å²) in [7, 11) is -1.40. The van der Waals surface area contributed by atoms with Crippen molar-refractivity contribution in [1.29, 1.82) is 0 Å². The summed E-state index contributed by atoms with van der Waals surface area (Å²) in [5.41, 5.74) is 0. The van der Waals surface area contributed by atoms with Crippen LogP contribution >= 0.6 is 0 Å². The van der Waals surface area contributed by atoms with Crippen LogP contribution in [0.1, 0.15) is 0 Å². The lowest BCUT2D eigenvalue weighted by Crippen LogP contribution is -2.22. The molecule has 0 aliphatic carbocycles. The Morgan fingerprint density at radius 1 is 1.07 bits per heavy atom. The molecular weight excluding hydrogens is 222 g/mol. The fraction of sp³-hybridized carbons (Fsp3) is 0.250. The molecule has 0 saturated heterocycles. The van der Waals surface area contributed by atoms with E-state index in [1.54, 1.807) is 0 Å². The first kappa shape index (κ1) is 11.6. The summed E-state index contributed by atoms with van der Waals surface area (Å²) in [6, 6.07) is 1.69. The van der Waals surface area contributed by atoms with Crippen molar-refractivity contribution in [2.24, 2.45) is 0 Å². The van der Waals surface area contributed by atoms with Crippen LogP contribution in [-0.4, -0.2) is 42.1 Å². The normalized spacial score (nSPS) is 11.9. The molecule has 15 heavy (non-hydrogen) atoms. The van der Waals surface area contributed by atoms with Gasteiger partial charge in [0.1, 0.15) is 17.2 Å². The van der Waals surface area contributed by atoms with E-state index in [2.05, 4.69) is 0 Å². The van der Waals surface area contributed by atoms with Crippen molar-refractivity contribution in [1.82, 2.24) is 4.31 Å². The highest BCUT2D eigenvalue weighted by Gasteiger charge is 2.26. The zero-order valence-corrected chi connectivity index (χ0v) is 8.98. The van der Waals surface area contributed by atoms with Crippen molar-refractivity contribution < 1.29 is 23.7 Å². The third-order valence-corrected chi connectivity index (χ3v) is 3.67. The van der Waals surface area contributed by atoms with Crippen molar-refractivity contribution in [3.8, 4) is 17.2 Å². The number of aromatic hydroxyl groups is 3. The number of sulfonamides is 1. The van der Waals surface area contributed by atoms with Gasteiger partial charge in [-0.3, -0.25) is 0 Å². The molecule has 84 valence electrons. The van der Waals surface area contributed by atoms with Gasteiger partial charge in [0.05, 0.1) is 0 Å². The van der Waals surface area contributed by atoms with Gasteiger partial charge in [-0.15, -0.1) is 0 Å². The SMILES string of the molecule is CN(C)S(=O)(=O)c1c(O)cc(O)cc1O. The maximum atomic E-state index is 11.6. The summed E-state index contributed by atoms with van der Waals surface area (Å²) < 4.78 is 24.1. The highest BCUT2D eigenvalue weighted by atomic mass is 32.2. The van der Waals surface area contributed by atoms with Crippen molar-refractivity contribution >= 4 is 10.0 Å². The van der Waals surface area contributed by atoms with Crippen LogP contribution in [-0.2, 0) is 10.0 Å². The van der Waals surface area contributed by atoms with E-state index in [0.717, 1.165) is 16.4 Å². The molecule has 0 aromatic heterocycles. The molecule has 1 rings (SSSR count). The molecule has 0 atom stereocenters. The zero-order valence-electron chi connectivity index (χ0n) is 8.17. The van der Waals surface area contributed by atoms with E-state index in [-0.39, 0.29) is 0 Å². The maximum absolute atomic E-state index is 11.6. The van der Waals surface area contributed by atoms with Crippen LogP contribution in [0.4, 0.5) is 0 Å². The summed E-state index contributed by atoms with van der Waals surface area (Å²) in [6.45, 7) is 0. The topological polar surface area (TPSA) is 98.1 Å². The lowest BCUT2D eigenvalue weighted by molar-refractivity contribution is 0.403. The third-order valence-electron chi connectivity index (χ3n) is 1.77. The first-order valence-corrected chi connectivity index (χ1v) is 5.38. The van der Waals surface area contributed by atoms with Crippen LogP contribution in [0.3, 0.4) is 0 Å². The molecule has 7 heteroatoms. The minimum atomic E-state index is -3.93. The monoisotopic (exact) mass is 233 g/mol. The Bertz CT molecular complexity index is 457. The smallest absolute Gasteiger partial charge is 0.249 e. The highest BCUT2D eigenvalue weighted by Crippen LogP contribution is 2.36. The number of rotatable bonds is 2. The Morgan fingerprint density at radius 2 is 1.47 bits per heavy atom. The molecule has 0 radical (unpaired) electrons. The summed E-state index contributed by atoms with van der Waals surface area (Å²) in [5.74, 6) is -1.80. The van der Waals surface area contributed by atoms with Crippen molar-refractivity contribution in [2.75, 3.05) is 14.1 Å². The first-order valence-electron chi connectivity index (χ1n) is 3.94. The second-order valence-corrected chi connectivity index (χ2v) is 5.19. The number of phenolic OH excluding ortho intramolecular Hbond substituents is 3. The largest absolute Gasteiger partial charge is 0.508 e. The van der Waals surface area contributed by atoms with Crippen LogP contribution in [0.5, 0.6) is 17.2 Å². The Kier molecular flexibility index (Phi) is 2.78. The van der Waals surface area contributed by atoms with Gasteiger partial charge in [0.15, 0.2) is 4.90 Å². The Morgan fingerprint density at radius 3 is 1.80 bits per heavy atom. The molecule has 0 bridgehead atoms. The van der Waals surface area contributed by atoms with E-state index in [4.69, 9.17) is 5.11 Å². The van der Waals surface area contributed by atoms with E-state index in [9.17, 15) is 18.6 Å². The quantitative estimate of drug-likeness (QED) is 0.670. The average molecular weight is 233 g/mol. The summed E-state index contributed by atoms with van der Waals surface area (Å²) >= 11 is 0.